The zero-order valence-electron chi connectivity index (χ0n) is 14.6. The first-order valence-electron chi connectivity index (χ1n) is 8.27. The third kappa shape index (κ3) is 4.37. The number of rotatable bonds is 6. The van der Waals surface area contributed by atoms with Gasteiger partial charge in [0.05, 0.1) is 5.75 Å². The van der Waals surface area contributed by atoms with Crippen LogP contribution >= 0.6 is 23.4 Å². The highest BCUT2D eigenvalue weighted by atomic mass is 35.5. The van der Waals surface area contributed by atoms with E-state index in [9.17, 15) is 9.18 Å². The number of aryl methyl sites for hydroxylation is 1. The maximum atomic E-state index is 13.1. The SMILES string of the molecule is Cc1cc(C(=O)CSc2ccc(Cl)cc2)c(C)n1Cc1ccc(F)cc1. The normalized spacial score (nSPS) is 10.9. The lowest BCUT2D eigenvalue weighted by Gasteiger charge is -2.10. The number of carbonyl (C=O) groups excluding carboxylic acids is 1. The summed E-state index contributed by atoms with van der Waals surface area (Å²) in [5.41, 5.74) is 3.70. The molecule has 26 heavy (non-hydrogen) atoms. The molecule has 134 valence electrons. The number of carbonyl (C=O) groups is 1. The Labute approximate surface area is 162 Å². The Morgan fingerprint density at radius 1 is 1.08 bits per heavy atom. The quantitative estimate of drug-likeness (QED) is 0.387. The van der Waals surface area contributed by atoms with E-state index in [-0.39, 0.29) is 11.6 Å². The largest absolute Gasteiger partial charge is 0.344 e. The minimum absolute atomic E-state index is 0.100. The van der Waals surface area contributed by atoms with Crippen molar-refractivity contribution in [2.45, 2.75) is 25.3 Å². The summed E-state index contributed by atoms with van der Waals surface area (Å²) in [7, 11) is 0. The molecule has 0 unspecified atom stereocenters. The molecule has 3 rings (SSSR count). The second-order valence-corrected chi connectivity index (χ2v) is 7.65. The van der Waals surface area contributed by atoms with Crippen LogP contribution in [0.15, 0.2) is 59.5 Å². The molecule has 0 atom stereocenters. The van der Waals surface area contributed by atoms with Crippen LogP contribution in [0.1, 0.15) is 27.3 Å². The maximum absolute atomic E-state index is 13.1. The molecule has 0 saturated heterocycles. The summed E-state index contributed by atoms with van der Waals surface area (Å²) in [6.07, 6.45) is 0. The molecule has 0 aliphatic carbocycles. The Kier molecular flexibility index (Phi) is 5.84. The molecule has 0 bridgehead atoms. The van der Waals surface area contributed by atoms with Crippen molar-refractivity contribution in [2.75, 3.05) is 5.75 Å². The van der Waals surface area contributed by atoms with Gasteiger partial charge in [0, 0.05) is 33.4 Å². The summed E-state index contributed by atoms with van der Waals surface area (Å²) in [5, 5.41) is 0.685. The summed E-state index contributed by atoms with van der Waals surface area (Å²) in [6, 6.07) is 15.9. The maximum Gasteiger partial charge on any atom is 0.174 e. The monoisotopic (exact) mass is 387 g/mol. The first-order valence-corrected chi connectivity index (χ1v) is 9.63. The van der Waals surface area contributed by atoms with Gasteiger partial charge < -0.3 is 4.57 Å². The third-order valence-corrected chi connectivity index (χ3v) is 5.58. The van der Waals surface area contributed by atoms with E-state index >= 15 is 0 Å². The van der Waals surface area contributed by atoms with Crippen LogP contribution in [0.5, 0.6) is 0 Å². The highest BCUT2D eigenvalue weighted by Crippen LogP contribution is 2.24. The lowest BCUT2D eigenvalue weighted by atomic mass is 10.2. The average molecular weight is 388 g/mol. The van der Waals surface area contributed by atoms with Gasteiger partial charge in [-0.1, -0.05) is 23.7 Å². The standard InChI is InChI=1S/C21H19ClFNOS/c1-14-11-20(21(25)13-26-19-9-5-17(22)6-10-19)15(2)24(14)12-16-3-7-18(23)8-4-16/h3-11H,12-13H2,1-2H3. The van der Waals surface area contributed by atoms with Crippen LogP contribution in [-0.2, 0) is 6.54 Å². The Bertz CT molecular complexity index is 916. The van der Waals surface area contributed by atoms with Gasteiger partial charge in [-0.2, -0.15) is 0 Å². The lowest BCUT2D eigenvalue weighted by molar-refractivity contribution is 0.102. The minimum Gasteiger partial charge on any atom is -0.344 e. The van der Waals surface area contributed by atoms with E-state index in [2.05, 4.69) is 4.57 Å². The summed E-state index contributed by atoms with van der Waals surface area (Å²) in [4.78, 5) is 13.7. The first kappa shape index (κ1) is 18.7. The number of benzene rings is 2. The molecule has 0 aliphatic rings. The number of thioether (sulfide) groups is 1. The molecule has 0 aliphatic heterocycles. The lowest BCUT2D eigenvalue weighted by Crippen LogP contribution is -2.07. The summed E-state index contributed by atoms with van der Waals surface area (Å²) >= 11 is 7.39. The van der Waals surface area contributed by atoms with Crippen LogP contribution in [0.2, 0.25) is 5.02 Å². The number of nitrogens with zero attached hydrogens (tertiary/aromatic N) is 1. The van der Waals surface area contributed by atoms with Crippen LogP contribution < -0.4 is 0 Å². The topological polar surface area (TPSA) is 22.0 Å². The second kappa shape index (κ2) is 8.11. The Hall–Kier alpha value is -2.04. The van der Waals surface area contributed by atoms with E-state index < -0.39 is 0 Å². The van der Waals surface area contributed by atoms with Crippen molar-refractivity contribution in [2.24, 2.45) is 0 Å². The first-order chi connectivity index (χ1) is 12.4. The van der Waals surface area contributed by atoms with E-state index in [1.807, 2.05) is 44.2 Å². The van der Waals surface area contributed by atoms with Gasteiger partial charge in [0.1, 0.15) is 5.82 Å². The molecule has 2 nitrogen and oxygen atoms in total. The van der Waals surface area contributed by atoms with Gasteiger partial charge in [-0.25, -0.2) is 4.39 Å². The van der Waals surface area contributed by atoms with Crippen LogP contribution in [0.4, 0.5) is 4.39 Å². The number of Topliss-reactive ketones (excluding diaryl/α,β-unsaturated/α-hetero) is 1. The fourth-order valence-corrected chi connectivity index (χ4v) is 3.76. The van der Waals surface area contributed by atoms with Gasteiger partial charge in [-0.15, -0.1) is 11.8 Å². The Morgan fingerprint density at radius 2 is 1.73 bits per heavy atom. The number of ketones is 1. The third-order valence-electron chi connectivity index (χ3n) is 4.31. The zero-order chi connectivity index (χ0) is 18.7. The van der Waals surface area contributed by atoms with Crippen molar-refractivity contribution < 1.29 is 9.18 Å². The van der Waals surface area contributed by atoms with Crippen LogP contribution in [0, 0.1) is 19.7 Å². The molecule has 0 fully saturated rings. The summed E-state index contributed by atoms with van der Waals surface area (Å²) in [6.45, 7) is 4.56. The predicted molar refractivity (Wildman–Crippen MR) is 106 cm³/mol. The molecular weight excluding hydrogens is 369 g/mol. The molecule has 3 aromatic rings. The molecule has 0 N–H and O–H groups in total. The summed E-state index contributed by atoms with van der Waals surface area (Å²) < 4.78 is 15.2. The Morgan fingerprint density at radius 3 is 2.38 bits per heavy atom. The van der Waals surface area contributed by atoms with Crippen molar-refractivity contribution in [3.8, 4) is 0 Å². The van der Waals surface area contributed by atoms with Crippen LogP contribution in [0.3, 0.4) is 0 Å². The van der Waals surface area contributed by atoms with Gasteiger partial charge in [0.2, 0.25) is 0 Å². The minimum atomic E-state index is -0.246. The molecule has 5 heteroatoms. The highest BCUT2D eigenvalue weighted by molar-refractivity contribution is 8.00. The number of halogens is 2. The molecule has 0 amide bonds. The van der Waals surface area contributed by atoms with Gasteiger partial charge in [-0.3, -0.25) is 4.79 Å². The number of hydrogen-bond donors (Lipinski definition) is 0. The average Bonchev–Trinajstić information content (AvgIpc) is 2.91. The van der Waals surface area contributed by atoms with E-state index in [1.54, 1.807) is 12.1 Å². The van der Waals surface area contributed by atoms with Crippen molar-refractivity contribution in [3.63, 3.8) is 0 Å². The molecule has 0 spiro atoms. The van der Waals surface area contributed by atoms with Gasteiger partial charge in [0.15, 0.2) is 5.78 Å². The van der Waals surface area contributed by atoms with Crippen molar-refractivity contribution in [1.29, 1.82) is 0 Å². The van der Waals surface area contributed by atoms with Crippen molar-refractivity contribution in [1.82, 2.24) is 4.57 Å². The fraction of sp³-hybridized carbons (Fsp3) is 0.190. The van der Waals surface area contributed by atoms with E-state index in [1.165, 1.54) is 23.9 Å². The van der Waals surface area contributed by atoms with E-state index in [4.69, 9.17) is 11.6 Å². The van der Waals surface area contributed by atoms with Crippen LogP contribution in [0.25, 0.3) is 0 Å². The number of hydrogen-bond acceptors (Lipinski definition) is 2. The van der Waals surface area contributed by atoms with Crippen molar-refractivity contribution >= 4 is 29.1 Å². The van der Waals surface area contributed by atoms with Gasteiger partial charge in [0.25, 0.3) is 0 Å². The summed E-state index contributed by atoms with van der Waals surface area (Å²) in [5.74, 6) is 0.232. The number of aromatic nitrogens is 1. The van der Waals surface area contributed by atoms with Gasteiger partial charge >= 0.3 is 0 Å². The van der Waals surface area contributed by atoms with E-state index in [0.717, 1.165) is 27.4 Å². The molecule has 0 saturated carbocycles. The Balaban J connectivity index is 1.72. The fourth-order valence-electron chi connectivity index (χ4n) is 2.86. The molecular formula is C21H19ClFNOS. The molecule has 1 aromatic heterocycles. The van der Waals surface area contributed by atoms with Crippen LogP contribution in [-0.4, -0.2) is 16.1 Å². The molecule has 2 aromatic carbocycles. The molecule has 1 heterocycles. The van der Waals surface area contributed by atoms with Gasteiger partial charge in [-0.05, 0) is 61.9 Å². The van der Waals surface area contributed by atoms with Crippen molar-refractivity contribution in [3.05, 3.63) is 88.0 Å². The van der Waals surface area contributed by atoms with E-state index in [0.29, 0.717) is 17.3 Å². The zero-order valence-corrected chi connectivity index (χ0v) is 16.2. The molecule has 0 radical (unpaired) electrons. The highest BCUT2D eigenvalue weighted by Gasteiger charge is 2.16. The predicted octanol–water partition coefficient (Wildman–Crippen LogP) is 5.92. The second-order valence-electron chi connectivity index (χ2n) is 6.16. The smallest absolute Gasteiger partial charge is 0.174 e.